The summed E-state index contributed by atoms with van der Waals surface area (Å²) in [6, 6.07) is 0. The van der Waals surface area contributed by atoms with Crippen LogP contribution in [0.15, 0.2) is 11.4 Å². The summed E-state index contributed by atoms with van der Waals surface area (Å²) >= 11 is 0. The van der Waals surface area contributed by atoms with Crippen LogP contribution in [0, 0.1) is 6.92 Å². The van der Waals surface area contributed by atoms with Gasteiger partial charge in [0.25, 0.3) is 5.56 Å². The summed E-state index contributed by atoms with van der Waals surface area (Å²) < 4.78 is 0. The maximum absolute atomic E-state index is 11.1. The van der Waals surface area contributed by atoms with Crippen molar-refractivity contribution in [2.75, 3.05) is 0 Å². The van der Waals surface area contributed by atoms with Gasteiger partial charge in [-0.2, -0.15) is 0 Å². The van der Waals surface area contributed by atoms with Crippen molar-refractivity contribution in [3.63, 3.8) is 0 Å². The molecule has 0 radical (unpaired) electrons. The quantitative estimate of drug-likeness (QED) is 0.785. The van der Waals surface area contributed by atoms with Crippen LogP contribution in [0.25, 0.3) is 6.08 Å². The molecular weight excluding hydrogens is 176 g/mol. The van der Waals surface area contributed by atoms with E-state index in [4.69, 9.17) is 0 Å². The fourth-order valence-corrected chi connectivity index (χ4v) is 1.03. The zero-order chi connectivity index (χ0) is 11.1. The zero-order valence-electron chi connectivity index (χ0n) is 9.35. The summed E-state index contributed by atoms with van der Waals surface area (Å²) in [6.45, 7) is 11.3. The number of rotatable bonds is 2. The molecule has 3 heteroatoms. The number of aryl methyl sites for hydroxylation is 2. The molecule has 0 atom stereocenters. The van der Waals surface area contributed by atoms with Gasteiger partial charge in [0.2, 0.25) is 0 Å². The predicted octanol–water partition coefficient (Wildman–Crippen LogP) is 2.31. The van der Waals surface area contributed by atoms with E-state index in [1.165, 1.54) is 0 Å². The highest BCUT2D eigenvalue weighted by Gasteiger charge is 2.02. The molecule has 0 aliphatic carbocycles. The lowest BCUT2D eigenvalue weighted by atomic mass is 10.2. The SMILES string of the molecule is C=Cc1nc(C)c(=O)[nH]c1CC.CC. The van der Waals surface area contributed by atoms with Gasteiger partial charge >= 0.3 is 0 Å². The highest BCUT2D eigenvalue weighted by molar-refractivity contribution is 5.44. The van der Waals surface area contributed by atoms with Crippen LogP contribution in [0.2, 0.25) is 0 Å². The summed E-state index contributed by atoms with van der Waals surface area (Å²) in [4.78, 5) is 18.0. The van der Waals surface area contributed by atoms with E-state index in [0.29, 0.717) is 5.69 Å². The number of hydrogen-bond acceptors (Lipinski definition) is 2. The smallest absolute Gasteiger partial charge is 0.269 e. The molecule has 0 amide bonds. The molecule has 0 unspecified atom stereocenters. The Kier molecular flexibility index (Phi) is 5.53. The Morgan fingerprint density at radius 1 is 1.50 bits per heavy atom. The average molecular weight is 194 g/mol. The Balaban J connectivity index is 0.000000791. The van der Waals surface area contributed by atoms with Gasteiger partial charge in [0.1, 0.15) is 5.69 Å². The summed E-state index contributed by atoms with van der Waals surface area (Å²) in [6.07, 6.45) is 2.42. The molecule has 0 aliphatic heterocycles. The first-order valence-electron chi connectivity index (χ1n) is 4.91. The first-order valence-corrected chi connectivity index (χ1v) is 4.91. The van der Waals surface area contributed by atoms with Gasteiger partial charge in [-0.05, 0) is 19.4 Å². The van der Waals surface area contributed by atoms with Gasteiger partial charge in [-0.1, -0.05) is 27.4 Å². The van der Waals surface area contributed by atoms with Gasteiger partial charge in [-0.25, -0.2) is 4.98 Å². The van der Waals surface area contributed by atoms with Crippen molar-refractivity contribution in [2.24, 2.45) is 0 Å². The highest BCUT2D eigenvalue weighted by atomic mass is 16.1. The van der Waals surface area contributed by atoms with Crippen LogP contribution < -0.4 is 5.56 Å². The number of hydrogen-bond donors (Lipinski definition) is 1. The maximum Gasteiger partial charge on any atom is 0.269 e. The molecule has 0 fully saturated rings. The van der Waals surface area contributed by atoms with Crippen molar-refractivity contribution in [2.45, 2.75) is 34.1 Å². The van der Waals surface area contributed by atoms with Gasteiger partial charge in [-0.3, -0.25) is 4.79 Å². The number of aromatic nitrogens is 2. The lowest BCUT2D eigenvalue weighted by Gasteiger charge is -2.02. The Labute approximate surface area is 84.9 Å². The third-order valence-corrected chi connectivity index (χ3v) is 1.74. The largest absolute Gasteiger partial charge is 0.323 e. The highest BCUT2D eigenvalue weighted by Crippen LogP contribution is 2.02. The minimum atomic E-state index is -0.113. The van der Waals surface area contributed by atoms with Crippen molar-refractivity contribution in [1.29, 1.82) is 0 Å². The summed E-state index contributed by atoms with van der Waals surface area (Å²) in [5, 5.41) is 0. The fraction of sp³-hybridized carbons (Fsp3) is 0.455. The van der Waals surface area contributed by atoms with Crippen LogP contribution in [0.4, 0.5) is 0 Å². The molecule has 0 bridgehead atoms. The standard InChI is InChI=1S/C9H12N2O.C2H6/c1-4-7-8(5-2)11-9(12)6(3)10-7;1-2/h4H,1,5H2,2-3H3,(H,11,12);1-2H3. The number of nitrogens with one attached hydrogen (secondary N) is 1. The summed E-state index contributed by atoms with van der Waals surface area (Å²) in [7, 11) is 0. The van der Waals surface area contributed by atoms with Crippen molar-refractivity contribution < 1.29 is 0 Å². The van der Waals surface area contributed by atoms with Gasteiger partial charge in [-0.15, -0.1) is 0 Å². The van der Waals surface area contributed by atoms with Crippen molar-refractivity contribution in [3.8, 4) is 0 Å². The van der Waals surface area contributed by atoms with E-state index < -0.39 is 0 Å². The molecule has 0 saturated carbocycles. The lowest BCUT2D eigenvalue weighted by Crippen LogP contribution is -2.15. The Hall–Kier alpha value is -1.38. The molecule has 0 aromatic carbocycles. The van der Waals surface area contributed by atoms with Crippen molar-refractivity contribution in [3.05, 3.63) is 34.0 Å². The van der Waals surface area contributed by atoms with E-state index in [2.05, 4.69) is 16.5 Å². The zero-order valence-corrected chi connectivity index (χ0v) is 9.35. The first-order chi connectivity index (χ1) is 6.69. The van der Waals surface area contributed by atoms with E-state index in [9.17, 15) is 4.79 Å². The van der Waals surface area contributed by atoms with Crippen LogP contribution in [0.3, 0.4) is 0 Å². The first kappa shape index (κ1) is 12.6. The van der Waals surface area contributed by atoms with E-state index in [1.807, 2.05) is 20.8 Å². The Morgan fingerprint density at radius 3 is 2.50 bits per heavy atom. The molecular formula is C11H18N2O. The van der Waals surface area contributed by atoms with Gasteiger partial charge in [0.05, 0.1) is 5.69 Å². The molecule has 0 aliphatic rings. The normalized spacial score (nSPS) is 8.86. The second-order valence-corrected chi connectivity index (χ2v) is 2.57. The fourth-order valence-electron chi connectivity index (χ4n) is 1.03. The second-order valence-electron chi connectivity index (χ2n) is 2.57. The maximum atomic E-state index is 11.1. The molecule has 1 rings (SSSR count). The van der Waals surface area contributed by atoms with Crippen molar-refractivity contribution in [1.82, 2.24) is 9.97 Å². The topological polar surface area (TPSA) is 45.8 Å². The molecule has 0 spiro atoms. The molecule has 78 valence electrons. The van der Waals surface area contributed by atoms with Crippen molar-refractivity contribution >= 4 is 6.08 Å². The number of H-pyrrole nitrogens is 1. The molecule has 14 heavy (non-hydrogen) atoms. The minimum absolute atomic E-state index is 0.113. The lowest BCUT2D eigenvalue weighted by molar-refractivity contribution is 0.935. The summed E-state index contributed by atoms with van der Waals surface area (Å²) in [5.74, 6) is 0. The minimum Gasteiger partial charge on any atom is -0.323 e. The van der Waals surface area contributed by atoms with Crippen LogP contribution in [0.1, 0.15) is 37.9 Å². The average Bonchev–Trinajstić information content (AvgIpc) is 2.24. The molecule has 3 nitrogen and oxygen atoms in total. The molecule has 1 N–H and O–H groups in total. The Morgan fingerprint density at radius 2 is 2.07 bits per heavy atom. The molecule has 1 aromatic heterocycles. The second kappa shape index (κ2) is 6.13. The third kappa shape index (κ3) is 2.83. The predicted molar refractivity (Wildman–Crippen MR) is 60.4 cm³/mol. The van der Waals surface area contributed by atoms with Crippen LogP contribution in [-0.4, -0.2) is 9.97 Å². The molecule has 1 aromatic rings. The van der Waals surface area contributed by atoms with Crippen LogP contribution in [-0.2, 0) is 6.42 Å². The van der Waals surface area contributed by atoms with Gasteiger partial charge < -0.3 is 4.98 Å². The third-order valence-electron chi connectivity index (χ3n) is 1.74. The van der Waals surface area contributed by atoms with Crippen LogP contribution >= 0.6 is 0 Å². The van der Waals surface area contributed by atoms with Gasteiger partial charge in [0, 0.05) is 5.69 Å². The summed E-state index contributed by atoms with van der Waals surface area (Å²) in [5.41, 5.74) is 2.00. The van der Waals surface area contributed by atoms with E-state index in [-0.39, 0.29) is 5.56 Å². The van der Waals surface area contributed by atoms with Crippen LogP contribution in [0.5, 0.6) is 0 Å². The number of aromatic amines is 1. The number of nitrogens with zero attached hydrogens (tertiary/aromatic N) is 1. The monoisotopic (exact) mass is 194 g/mol. The molecule has 1 heterocycles. The van der Waals surface area contributed by atoms with Gasteiger partial charge in [0.15, 0.2) is 0 Å². The Bertz CT molecular complexity index is 353. The van der Waals surface area contributed by atoms with E-state index in [0.717, 1.165) is 17.8 Å². The van der Waals surface area contributed by atoms with E-state index in [1.54, 1.807) is 13.0 Å². The van der Waals surface area contributed by atoms with E-state index >= 15 is 0 Å². The molecule has 0 saturated heterocycles.